The first kappa shape index (κ1) is 19.6. The second-order valence-corrected chi connectivity index (χ2v) is 9.10. The van der Waals surface area contributed by atoms with Gasteiger partial charge in [-0.15, -0.1) is 0 Å². The highest BCUT2D eigenvalue weighted by atomic mass is 32.2. The van der Waals surface area contributed by atoms with Gasteiger partial charge in [0.25, 0.3) is 5.91 Å². The van der Waals surface area contributed by atoms with Crippen LogP contribution in [0.15, 0.2) is 52.9 Å². The van der Waals surface area contributed by atoms with Crippen molar-refractivity contribution in [3.05, 3.63) is 71.2 Å². The molecule has 0 unspecified atom stereocenters. The number of benzene rings is 2. The summed E-state index contributed by atoms with van der Waals surface area (Å²) in [5.74, 6) is -0.584. The van der Waals surface area contributed by atoms with Crippen molar-refractivity contribution in [3.8, 4) is 0 Å². The van der Waals surface area contributed by atoms with Gasteiger partial charge in [-0.25, -0.2) is 12.8 Å². The molecule has 0 radical (unpaired) electrons. The van der Waals surface area contributed by atoms with Crippen LogP contribution >= 0.6 is 0 Å². The maximum Gasteiger partial charge on any atom is 0.289 e. The van der Waals surface area contributed by atoms with Crippen LogP contribution in [0.2, 0.25) is 0 Å². The normalized spacial score (nSPS) is 15.7. The van der Waals surface area contributed by atoms with Crippen LogP contribution in [0.3, 0.4) is 0 Å². The predicted molar refractivity (Wildman–Crippen MR) is 107 cm³/mol. The Kier molecular flexibility index (Phi) is 5.14. The minimum atomic E-state index is -3.45. The summed E-state index contributed by atoms with van der Waals surface area (Å²) in [6.45, 7) is 2.73. The fraction of sp³-hybridized carbons (Fsp3) is 0.286. The Morgan fingerprint density at radius 1 is 1.07 bits per heavy atom. The lowest BCUT2D eigenvalue weighted by molar-refractivity contribution is 0.0667. The number of aryl methyl sites for hydroxylation is 1. The summed E-state index contributed by atoms with van der Waals surface area (Å²) in [6.07, 6.45) is 0. The molecule has 3 aromatic rings. The predicted octanol–water partition coefficient (Wildman–Crippen LogP) is 3.17. The molecular weight excluding hydrogens is 395 g/mol. The van der Waals surface area contributed by atoms with E-state index in [1.54, 1.807) is 24.0 Å². The first-order valence-corrected chi connectivity index (χ1v) is 11.0. The van der Waals surface area contributed by atoms with Gasteiger partial charge in [0.15, 0.2) is 5.76 Å². The summed E-state index contributed by atoms with van der Waals surface area (Å²) in [5, 5.41) is 0.567. The second kappa shape index (κ2) is 7.61. The molecule has 1 saturated heterocycles. The van der Waals surface area contributed by atoms with Crippen molar-refractivity contribution in [1.82, 2.24) is 9.21 Å². The molecule has 0 N–H and O–H groups in total. The summed E-state index contributed by atoms with van der Waals surface area (Å²) >= 11 is 0. The van der Waals surface area contributed by atoms with Gasteiger partial charge in [-0.3, -0.25) is 4.79 Å². The third-order valence-corrected chi connectivity index (χ3v) is 7.05. The molecule has 1 amide bonds. The summed E-state index contributed by atoms with van der Waals surface area (Å²) in [4.78, 5) is 14.5. The highest BCUT2D eigenvalue weighted by Crippen LogP contribution is 2.27. The molecule has 29 heavy (non-hydrogen) atoms. The third kappa shape index (κ3) is 3.90. The first-order chi connectivity index (χ1) is 13.8. The molecule has 0 aliphatic carbocycles. The molecule has 6 nitrogen and oxygen atoms in total. The van der Waals surface area contributed by atoms with E-state index < -0.39 is 15.8 Å². The van der Waals surface area contributed by atoms with E-state index in [0.29, 0.717) is 16.5 Å². The largest absolute Gasteiger partial charge is 0.451 e. The van der Waals surface area contributed by atoms with Crippen molar-refractivity contribution in [2.75, 3.05) is 26.2 Å². The lowest BCUT2D eigenvalue weighted by Crippen LogP contribution is -2.50. The molecule has 152 valence electrons. The molecule has 2 heterocycles. The smallest absolute Gasteiger partial charge is 0.289 e. The van der Waals surface area contributed by atoms with Crippen LogP contribution < -0.4 is 0 Å². The van der Waals surface area contributed by atoms with Gasteiger partial charge in [0.2, 0.25) is 10.0 Å². The zero-order chi connectivity index (χ0) is 20.6. The topological polar surface area (TPSA) is 70.8 Å². The molecule has 8 heteroatoms. The van der Waals surface area contributed by atoms with E-state index in [9.17, 15) is 17.6 Å². The lowest BCUT2D eigenvalue weighted by atomic mass is 10.1. The fourth-order valence-electron chi connectivity index (χ4n) is 3.59. The van der Waals surface area contributed by atoms with Crippen LogP contribution in [0.25, 0.3) is 11.0 Å². The highest BCUT2D eigenvalue weighted by molar-refractivity contribution is 7.88. The fourth-order valence-corrected chi connectivity index (χ4v) is 5.10. The summed E-state index contributed by atoms with van der Waals surface area (Å²) in [7, 11) is -3.45. The van der Waals surface area contributed by atoms with Gasteiger partial charge in [0.1, 0.15) is 11.4 Å². The number of carbonyl (C=O) groups is 1. The van der Waals surface area contributed by atoms with Crippen molar-refractivity contribution in [2.24, 2.45) is 0 Å². The van der Waals surface area contributed by atoms with Gasteiger partial charge in [-0.05, 0) is 30.7 Å². The molecule has 1 aliphatic rings. The van der Waals surface area contributed by atoms with E-state index in [0.717, 1.165) is 5.56 Å². The van der Waals surface area contributed by atoms with Crippen LogP contribution in [-0.4, -0.2) is 49.7 Å². The Morgan fingerprint density at radius 3 is 2.45 bits per heavy atom. The maximum absolute atomic E-state index is 13.5. The van der Waals surface area contributed by atoms with E-state index in [1.165, 1.54) is 22.5 Å². The Labute approximate surface area is 168 Å². The second-order valence-electron chi connectivity index (χ2n) is 7.13. The van der Waals surface area contributed by atoms with Crippen LogP contribution in [0, 0.1) is 12.7 Å². The molecule has 0 spiro atoms. The molecule has 1 aliphatic heterocycles. The van der Waals surface area contributed by atoms with Crippen LogP contribution in [0.5, 0.6) is 0 Å². The van der Waals surface area contributed by atoms with Crippen LogP contribution in [-0.2, 0) is 15.8 Å². The molecule has 1 aromatic heterocycles. The van der Waals surface area contributed by atoms with E-state index >= 15 is 0 Å². The minimum absolute atomic E-state index is 0.0595. The number of rotatable bonds is 4. The van der Waals surface area contributed by atoms with Gasteiger partial charge < -0.3 is 9.32 Å². The highest BCUT2D eigenvalue weighted by Gasteiger charge is 2.31. The Bertz CT molecular complexity index is 1150. The number of hydrogen-bond acceptors (Lipinski definition) is 4. The molecule has 2 aromatic carbocycles. The number of fused-ring (bicyclic) bond motifs is 1. The van der Waals surface area contributed by atoms with Crippen LogP contribution in [0.4, 0.5) is 4.39 Å². The molecule has 0 atom stereocenters. The van der Waals surface area contributed by atoms with Gasteiger partial charge in [-0.1, -0.05) is 30.3 Å². The van der Waals surface area contributed by atoms with E-state index in [4.69, 9.17) is 4.42 Å². The average Bonchev–Trinajstić information content (AvgIpc) is 3.04. The zero-order valence-electron chi connectivity index (χ0n) is 16.0. The van der Waals surface area contributed by atoms with Crippen molar-refractivity contribution in [3.63, 3.8) is 0 Å². The maximum atomic E-state index is 13.5. The monoisotopic (exact) mass is 416 g/mol. The average molecular weight is 416 g/mol. The van der Waals surface area contributed by atoms with Crippen molar-refractivity contribution in [1.29, 1.82) is 0 Å². The Morgan fingerprint density at radius 2 is 1.76 bits per heavy atom. The number of nitrogens with zero attached hydrogens (tertiary/aromatic N) is 2. The number of sulfonamides is 1. The number of hydrogen-bond donors (Lipinski definition) is 0. The first-order valence-electron chi connectivity index (χ1n) is 9.35. The molecule has 0 bridgehead atoms. The van der Waals surface area contributed by atoms with Gasteiger partial charge >= 0.3 is 0 Å². The number of amides is 1. The summed E-state index contributed by atoms with van der Waals surface area (Å²) in [6, 6.07) is 13.2. The van der Waals surface area contributed by atoms with Crippen LogP contribution in [0.1, 0.15) is 21.7 Å². The third-order valence-electron chi connectivity index (χ3n) is 5.20. The number of furan rings is 1. The quantitative estimate of drug-likeness (QED) is 0.655. The zero-order valence-corrected chi connectivity index (χ0v) is 16.8. The Hall–Kier alpha value is -2.71. The van der Waals surface area contributed by atoms with Gasteiger partial charge in [-0.2, -0.15) is 4.31 Å². The molecular formula is C21H21FN2O4S. The van der Waals surface area contributed by atoms with Crippen molar-refractivity contribution in [2.45, 2.75) is 12.7 Å². The number of halogens is 1. The Balaban J connectivity index is 1.46. The van der Waals surface area contributed by atoms with E-state index in [2.05, 4.69) is 0 Å². The van der Waals surface area contributed by atoms with Crippen molar-refractivity contribution < 1.29 is 22.0 Å². The van der Waals surface area contributed by atoms with Gasteiger partial charge in [0, 0.05) is 37.1 Å². The summed E-state index contributed by atoms with van der Waals surface area (Å²) < 4.78 is 45.9. The lowest BCUT2D eigenvalue weighted by Gasteiger charge is -2.33. The summed E-state index contributed by atoms with van der Waals surface area (Å²) in [5.41, 5.74) is 1.77. The number of carbonyl (C=O) groups excluding carboxylic acids is 1. The molecule has 1 fully saturated rings. The van der Waals surface area contributed by atoms with E-state index in [-0.39, 0.29) is 43.6 Å². The standard InChI is InChI=1S/C21H21FN2O4S/c1-15-18-13-17(22)7-8-19(18)28-20(15)21(25)23-9-11-24(12-10-23)29(26,27)14-16-5-3-2-4-6-16/h2-8,13H,9-12,14H2,1H3. The number of piperazine rings is 1. The molecule has 0 saturated carbocycles. The van der Waals surface area contributed by atoms with Gasteiger partial charge in [0.05, 0.1) is 5.75 Å². The minimum Gasteiger partial charge on any atom is -0.451 e. The van der Waals surface area contributed by atoms with Crippen molar-refractivity contribution >= 4 is 26.9 Å². The SMILES string of the molecule is Cc1c(C(=O)N2CCN(S(=O)(=O)Cc3ccccc3)CC2)oc2ccc(F)cc12. The molecule has 4 rings (SSSR count). The van der Waals surface area contributed by atoms with E-state index in [1.807, 2.05) is 18.2 Å².